The third-order valence-corrected chi connectivity index (χ3v) is 3.48. The van der Waals surface area contributed by atoms with E-state index >= 15 is 0 Å². The van der Waals surface area contributed by atoms with Crippen LogP contribution in [0.15, 0.2) is 30.5 Å². The quantitative estimate of drug-likeness (QED) is 0.423. The van der Waals surface area contributed by atoms with Crippen molar-refractivity contribution in [2.75, 3.05) is 4.90 Å². The molecule has 0 aliphatic carbocycles. The van der Waals surface area contributed by atoms with E-state index < -0.39 is 38.8 Å². The van der Waals surface area contributed by atoms with Crippen LogP contribution in [0.5, 0.6) is 0 Å². The highest BCUT2D eigenvalue weighted by atomic mass is 35.5. The number of pyridine rings is 1. The average Bonchev–Trinajstić information content (AvgIpc) is 2.56. The minimum absolute atomic E-state index is 0.0481. The fourth-order valence-corrected chi connectivity index (χ4v) is 2.30. The first-order valence-electron chi connectivity index (χ1n) is 7.62. The first-order valence-corrected chi connectivity index (χ1v) is 7.99. The summed E-state index contributed by atoms with van der Waals surface area (Å²) in [4.78, 5) is 39.4. The van der Waals surface area contributed by atoms with E-state index in [2.05, 4.69) is 4.98 Å². The lowest BCUT2D eigenvalue weighted by molar-refractivity contribution is -0.384. The summed E-state index contributed by atoms with van der Waals surface area (Å²) >= 11 is 5.64. The standard InChI is InChI=1S/C17H15ClFN3O5/c1-17(2,3)27-16(24)21(15-10(9-23)5-4-6-20-15)13-8-12(19)11(18)7-14(13)22(25)26/h4-9H,1-3H3. The Balaban J connectivity index is 2.78. The van der Waals surface area contributed by atoms with E-state index in [0.29, 0.717) is 17.3 Å². The Labute approximate surface area is 158 Å². The van der Waals surface area contributed by atoms with Gasteiger partial charge in [0.05, 0.1) is 15.5 Å². The number of hydrogen-bond acceptors (Lipinski definition) is 6. The number of anilines is 2. The Morgan fingerprint density at radius 3 is 2.63 bits per heavy atom. The number of hydrogen-bond donors (Lipinski definition) is 0. The number of halogens is 2. The molecule has 0 N–H and O–H groups in total. The molecule has 10 heteroatoms. The molecule has 0 saturated carbocycles. The molecular weight excluding hydrogens is 381 g/mol. The third-order valence-electron chi connectivity index (χ3n) is 3.19. The van der Waals surface area contributed by atoms with Crippen LogP contribution >= 0.6 is 11.6 Å². The van der Waals surface area contributed by atoms with E-state index in [9.17, 15) is 24.1 Å². The van der Waals surface area contributed by atoms with Crippen LogP contribution in [-0.2, 0) is 4.74 Å². The van der Waals surface area contributed by atoms with Gasteiger partial charge in [-0.15, -0.1) is 0 Å². The number of aromatic nitrogens is 1. The molecule has 8 nitrogen and oxygen atoms in total. The molecule has 0 radical (unpaired) electrons. The van der Waals surface area contributed by atoms with Crippen molar-refractivity contribution in [1.82, 2.24) is 4.98 Å². The summed E-state index contributed by atoms with van der Waals surface area (Å²) in [6.45, 7) is 4.75. The Bertz CT molecular complexity index is 914. The highest BCUT2D eigenvalue weighted by Crippen LogP contribution is 2.38. The lowest BCUT2D eigenvalue weighted by Gasteiger charge is -2.27. The number of rotatable bonds is 4. The number of benzene rings is 1. The van der Waals surface area contributed by atoms with Crippen molar-refractivity contribution in [3.8, 4) is 0 Å². The van der Waals surface area contributed by atoms with Gasteiger partial charge in [-0.25, -0.2) is 19.1 Å². The molecule has 0 bridgehead atoms. The Morgan fingerprint density at radius 1 is 1.41 bits per heavy atom. The molecule has 0 atom stereocenters. The van der Waals surface area contributed by atoms with Crippen LogP contribution in [-0.4, -0.2) is 27.9 Å². The molecule has 0 unspecified atom stereocenters. The normalized spacial score (nSPS) is 11.0. The monoisotopic (exact) mass is 395 g/mol. The second-order valence-electron chi connectivity index (χ2n) is 6.36. The fourth-order valence-electron chi connectivity index (χ4n) is 2.15. The molecule has 0 aliphatic heterocycles. The molecule has 0 fully saturated rings. The average molecular weight is 396 g/mol. The zero-order chi connectivity index (χ0) is 20.4. The van der Waals surface area contributed by atoms with Crippen molar-refractivity contribution in [2.45, 2.75) is 26.4 Å². The molecule has 142 valence electrons. The summed E-state index contributed by atoms with van der Waals surface area (Å²) in [6, 6.07) is 4.28. The molecule has 0 aliphatic rings. The first kappa shape index (κ1) is 20.2. The number of nitro benzene ring substituents is 1. The zero-order valence-electron chi connectivity index (χ0n) is 14.6. The molecule has 27 heavy (non-hydrogen) atoms. The summed E-state index contributed by atoms with van der Waals surface area (Å²) in [6.07, 6.45) is 0.615. The SMILES string of the molecule is CC(C)(C)OC(=O)N(c1cc(F)c(Cl)cc1[N+](=O)[O-])c1ncccc1C=O. The molecule has 1 heterocycles. The van der Waals surface area contributed by atoms with Crippen molar-refractivity contribution in [3.63, 3.8) is 0 Å². The summed E-state index contributed by atoms with van der Waals surface area (Å²) in [5.41, 5.74) is -2.15. The van der Waals surface area contributed by atoms with Gasteiger partial charge in [0.2, 0.25) is 0 Å². The second kappa shape index (κ2) is 7.67. The lowest BCUT2D eigenvalue weighted by Crippen LogP contribution is -2.35. The molecule has 2 rings (SSSR count). The third kappa shape index (κ3) is 4.56. The van der Waals surface area contributed by atoms with E-state index in [0.717, 1.165) is 6.07 Å². The van der Waals surface area contributed by atoms with E-state index in [-0.39, 0.29) is 11.4 Å². The van der Waals surface area contributed by atoms with Gasteiger partial charge in [-0.1, -0.05) is 11.6 Å². The molecule has 0 saturated heterocycles. The summed E-state index contributed by atoms with van der Waals surface area (Å²) < 4.78 is 19.3. The number of carbonyl (C=O) groups excluding carboxylic acids is 2. The summed E-state index contributed by atoms with van der Waals surface area (Å²) in [7, 11) is 0. The number of amides is 1. The topological polar surface area (TPSA) is 103 Å². The van der Waals surface area contributed by atoms with Crippen molar-refractivity contribution in [2.24, 2.45) is 0 Å². The van der Waals surface area contributed by atoms with E-state index in [1.165, 1.54) is 18.3 Å². The van der Waals surface area contributed by atoms with Crippen LogP contribution in [0.25, 0.3) is 0 Å². The molecule has 1 aromatic heterocycles. The largest absolute Gasteiger partial charge is 0.443 e. The van der Waals surface area contributed by atoms with E-state index in [1.54, 1.807) is 20.8 Å². The highest BCUT2D eigenvalue weighted by molar-refractivity contribution is 6.31. The van der Waals surface area contributed by atoms with Gasteiger partial charge in [0, 0.05) is 18.3 Å². The van der Waals surface area contributed by atoms with Crippen LogP contribution < -0.4 is 4.90 Å². The molecule has 0 spiro atoms. The van der Waals surface area contributed by atoms with Crippen LogP contribution in [0.2, 0.25) is 5.02 Å². The predicted octanol–water partition coefficient (Wildman–Crippen LogP) is 4.67. The van der Waals surface area contributed by atoms with E-state index in [1.807, 2.05) is 0 Å². The van der Waals surface area contributed by atoms with Crippen LogP contribution in [0.3, 0.4) is 0 Å². The first-order chi connectivity index (χ1) is 12.5. The molecule has 1 aromatic carbocycles. The van der Waals surface area contributed by atoms with Gasteiger partial charge in [0.1, 0.15) is 17.1 Å². The number of ether oxygens (including phenoxy) is 1. The zero-order valence-corrected chi connectivity index (χ0v) is 15.4. The van der Waals surface area contributed by atoms with Gasteiger partial charge >= 0.3 is 6.09 Å². The van der Waals surface area contributed by atoms with Crippen molar-refractivity contribution >= 4 is 41.2 Å². The fraction of sp³-hybridized carbons (Fsp3) is 0.235. The minimum atomic E-state index is -1.07. The Kier molecular flexibility index (Phi) is 5.75. The van der Waals surface area contributed by atoms with Crippen LogP contribution in [0.1, 0.15) is 31.1 Å². The number of nitro groups is 1. The number of carbonyl (C=O) groups is 2. The van der Waals surface area contributed by atoms with Gasteiger partial charge < -0.3 is 4.74 Å². The molecule has 2 aromatic rings. The van der Waals surface area contributed by atoms with Crippen molar-refractivity contribution < 1.29 is 23.6 Å². The van der Waals surface area contributed by atoms with Crippen LogP contribution in [0.4, 0.5) is 26.4 Å². The Hall–Kier alpha value is -3.07. The molecular formula is C17H15ClFN3O5. The highest BCUT2D eigenvalue weighted by Gasteiger charge is 2.33. The number of nitrogens with zero attached hydrogens (tertiary/aromatic N) is 3. The minimum Gasteiger partial charge on any atom is -0.443 e. The second-order valence-corrected chi connectivity index (χ2v) is 6.77. The van der Waals surface area contributed by atoms with E-state index in [4.69, 9.17) is 16.3 Å². The van der Waals surface area contributed by atoms with Gasteiger partial charge in [0.15, 0.2) is 12.1 Å². The van der Waals surface area contributed by atoms with Crippen molar-refractivity contribution in [3.05, 3.63) is 57.0 Å². The maximum atomic E-state index is 14.1. The molecule has 1 amide bonds. The van der Waals surface area contributed by atoms with Gasteiger partial charge in [-0.3, -0.25) is 14.9 Å². The lowest BCUT2D eigenvalue weighted by atomic mass is 10.2. The van der Waals surface area contributed by atoms with Crippen LogP contribution in [0, 0.1) is 15.9 Å². The van der Waals surface area contributed by atoms with Gasteiger partial charge in [0.25, 0.3) is 5.69 Å². The van der Waals surface area contributed by atoms with Crippen molar-refractivity contribution in [1.29, 1.82) is 0 Å². The maximum Gasteiger partial charge on any atom is 0.420 e. The smallest absolute Gasteiger partial charge is 0.420 e. The van der Waals surface area contributed by atoms with Gasteiger partial charge in [-0.2, -0.15) is 0 Å². The van der Waals surface area contributed by atoms with Gasteiger partial charge in [-0.05, 0) is 32.9 Å². The Morgan fingerprint density at radius 2 is 2.07 bits per heavy atom. The number of aldehydes is 1. The predicted molar refractivity (Wildman–Crippen MR) is 96.1 cm³/mol. The summed E-state index contributed by atoms with van der Waals surface area (Å²) in [5, 5.41) is 10.9. The summed E-state index contributed by atoms with van der Waals surface area (Å²) in [5.74, 6) is -1.24. The maximum absolute atomic E-state index is 14.1.